The average molecular weight is 371 g/mol. The lowest BCUT2D eigenvalue weighted by Gasteiger charge is -2.32. The van der Waals surface area contributed by atoms with E-state index in [1.807, 2.05) is 12.1 Å². The first-order chi connectivity index (χ1) is 11.1. The fraction of sp³-hybridized carbons (Fsp3) is 0.222. The van der Waals surface area contributed by atoms with E-state index in [4.69, 9.17) is 0 Å². The molecule has 0 fully saturated rings. The van der Waals surface area contributed by atoms with Crippen LogP contribution in [0.15, 0.2) is 46.9 Å². The molecule has 2 aromatic carbocycles. The van der Waals surface area contributed by atoms with Crippen LogP contribution in [0.5, 0.6) is 0 Å². The Bertz CT molecular complexity index is 818. The lowest BCUT2D eigenvalue weighted by atomic mass is 10.0. The van der Waals surface area contributed by atoms with Crippen molar-refractivity contribution in [1.29, 1.82) is 0 Å². The van der Waals surface area contributed by atoms with Crippen molar-refractivity contribution < 1.29 is 9.59 Å². The van der Waals surface area contributed by atoms with Crippen LogP contribution in [-0.4, -0.2) is 29.8 Å². The summed E-state index contributed by atoms with van der Waals surface area (Å²) in [5.41, 5.74) is 3.87. The van der Waals surface area contributed by atoms with Gasteiger partial charge in [-0.05, 0) is 35.7 Å². The number of carbonyl (C=O) groups excluding carboxylic acids is 2. The Morgan fingerprint density at radius 3 is 2.65 bits per heavy atom. The normalized spacial score (nSPS) is 17.3. The largest absolute Gasteiger partial charge is 0.300 e. The van der Waals surface area contributed by atoms with Crippen molar-refractivity contribution in [2.45, 2.75) is 13.0 Å². The standard InChI is InChI=1S/C18H15BrN2O2/c19-14-5-6-15-16(9-14)21(18(23)17(15)22)11-20-8-7-12-3-1-2-4-13(12)10-20/h1-6,9H,7-8,10-11H2. The summed E-state index contributed by atoms with van der Waals surface area (Å²) in [6, 6.07) is 13.7. The second-order valence-corrected chi connectivity index (χ2v) is 6.85. The summed E-state index contributed by atoms with van der Waals surface area (Å²) < 4.78 is 0.868. The molecule has 4 rings (SSSR count). The highest BCUT2D eigenvalue weighted by atomic mass is 79.9. The summed E-state index contributed by atoms with van der Waals surface area (Å²) in [6.45, 7) is 2.14. The number of carbonyl (C=O) groups is 2. The molecule has 0 bridgehead atoms. The molecule has 0 unspecified atom stereocenters. The monoisotopic (exact) mass is 370 g/mol. The highest BCUT2D eigenvalue weighted by molar-refractivity contribution is 9.10. The molecule has 0 aliphatic carbocycles. The number of rotatable bonds is 2. The molecule has 0 aromatic heterocycles. The van der Waals surface area contributed by atoms with Gasteiger partial charge in [0.25, 0.3) is 5.78 Å². The predicted molar refractivity (Wildman–Crippen MR) is 91.4 cm³/mol. The number of ketones is 1. The van der Waals surface area contributed by atoms with Crippen molar-refractivity contribution in [2.75, 3.05) is 18.1 Å². The van der Waals surface area contributed by atoms with Crippen molar-refractivity contribution in [1.82, 2.24) is 4.90 Å². The fourth-order valence-corrected chi connectivity index (χ4v) is 3.63. The molecule has 5 heteroatoms. The quantitative estimate of drug-likeness (QED) is 0.763. The van der Waals surface area contributed by atoms with E-state index in [0.29, 0.717) is 17.9 Å². The zero-order valence-electron chi connectivity index (χ0n) is 12.5. The smallest absolute Gasteiger partial charge is 0.291 e. The van der Waals surface area contributed by atoms with Crippen LogP contribution in [0.25, 0.3) is 0 Å². The molecular weight excluding hydrogens is 356 g/mol. The van der Waals surface area contributed by atoms with Gasteiger partial charge in [-0.2, -0.15) is 0 Å². The van der Waals surface area contributed by atoms with Crippen molar-refractivity contribution >= 4 is 33.3 Å². The van der Waals surface area contributed by atoms with Crippen LogP contribution in [0.4, 0.5) is 5.69 Å². The number of halogens is 1. The van der Waals surface area contributed by atoms with Crippen LogP contribution in [0.2, 0.25) is 0 Å². The van der Waals surface area contributed by atoms with Crippen LogP contribution < -0.4 is 4.90 Å². The number of benzene rings is 2. The third kappa shape index (κ3) is 2.50. The van der Waals surface area contributed by atoms with E-state index in [2.05, 4.69) is 39.0 Å². The molecule has 23 heavy (non-hydrogen) atoms. The Labute approximate surface area is 142 Å². The van der Waals surface area contributed by atoms with Gasteiger partial charge in [0.15, 0.2) is 0 Å². The molecule has 1 amide bonds. The number of hydrogen-bond acceptors (Lipinski definition) is 3. The van der Waals surface area contributed by atoms with Gasteiger partial charge in [0, 0.05) is 17.6 Å². The Morgan fingerprint density at radius 2 is 1.83 bits per heavy atom. The summed E-state index contributed by atoms with van der Waals surface area (Å²) in [4.78, 5) is 28.3. The lowest BCUT2D eigenvalue weighted by Crippen LogP contribution is -2.43. The highest BCUT2D eigenvalue weighted by Gasteiger charge is 2.36. The maximum Gasteiger partial charge on any atom is 0.300 e. The number of fused-ring (bicyclic) bond motifs is 2. The van der Waals surface area contributed by atoms with E-state index < -0.39 is 11.7 Å². The van der Waals surface area contributed by atoms with Crippen LogP contribution in [-0.2, 0) is 17.8 Å². The van der Waals surface area contributed by atoms with Crippen LogP contribution >= 0.6 is 15.9 Å². The van der Waals surface area contributed by atoms with Gasteiger partial charge in [0.05, 0.1) is 17.9 Å². The van der Waals surface area contributed by atoms with Gasteiger partial charge in [0.2, 0.25) is 0 Å². The minimum absolute atomic E-state index is 0.412. The number of amides is 1. The molecule has 0 spiro atoms. The van der Waals surface area contributed by atoms with Crippen LogP contribution in [0.1, 0.15) is 21.5 Å². The summed E-state index contributed by atoms with van der Waals surface area (Å²) in [5, 5.41) is 0. The molecule has 0 saturated heterocycles. The highest BCUT2D eigenvalue weighted by Crippen LogP contribution is 2.32. The van der Waals surface area contributed by atoms with Crippen molar-refractivity contribution in [3.8, 4) is 0 Å². The van der Waals surface area contributed by atoms with Gasteiger partial charge >= 0.3 is 5.91 Å². The second kappa shape index (κ2) is 5.58. The molecule has 0 atom stereocenters. The molecule has 0 radical (unpaired) electrons. The number of Topliss-reactive ketones (excluding diaryl/α,β-unsaturated/α-hetero) is 1. The minimum atomic E-state index is -0.433. The molecular formula is C18H15BrN2O2. The third-order valence-corrected chi connectivity index (χ3v) is 4.98. The van der Waals surface area contributed by atoms with Crippen molar-refractivity contribution in [3.05, 3.63) is 63.6 Å². The van der Waals surface area contributed by atoms with E-state index in [0.717, 1.165) is 24.0 Å². The minimum Gasteiger partial charge on any atom is -0.291 e. The van der Waals surface area contributed by atoms with E-state index in [9.17, 15) is 9.59 Å². The van der Waals surface area contributed by atoms with E-state index in [1.54, 1.807) is 17.0 Å². The van der Waals surface area contributed by atoms with Crippen LogP contribution in [0.3, 0.4) is 0 Å². The Balaban J connectivity index is 1.60. The van der Waals surface area contributed by atoms with Crippen LogP contribution in [0, 0.1) is 0 Å². The Kier molecular flexibility index (Phi) is 3.54. The summed E-state index contributed by atoms with van der Waals surface area (Å²) in [7, 11) is 0. The third-order valence-electron chi connectivity index (χ3n) is 4.49. The first-order valence-corrected chi connectivity index (χ1v) is 8.37. The van der Waals surface area contributed by atoms with Gasteiger partial charge in [0.1, 0.15) is 0 Å². The first-order valence-electron chi connectivity index (χ1n) is 7.58. The van der Waals surface area contributed by atoms with Gasteiger partial charge < -0.3 is 0 Å². The van der Waals surface area contributed by atoms with E-state index in [-0.39, 0.29) is 0 Å². The molecule has 4 nitrogen and oxygen atoms in total. The second-order valence-electron chi connectivity index (χ2n) is 5.94. The molecule has 2 aliphatic heterocycles. The zero-order chi connectivity index (χ0) is 16.0. The maximum absolute atomic E-state index is 12.3. The van der Waals surface area contributed by atoms with Gasteiger partial charge in [-0.15, -0.1) is 0 Å². The Morgan fingerprint density at radius 1 is 1.04 bits per heavy atom. The first kappa shape index (κ1) is 14.6. The molecule has 116 valence electrons. The summed E-state index contributed by atoms with van der Waals surface area (Å²) >= 11 is 3.42. The fourth-order valence-electron chi connectivity index (χ4n) is 3.28. The van der Waals surface area contributed by atoms with Gasteiger partial charge in [-0.3, -0.25) is 19.4 Å². The molecule has 2 aliphatic rings. The molecule has 0 N–H and O–H groups in total. The number of anilines is 1. The van der Waals surface area contributed by atoms with E-state index in [1.165, 1.54) is 11.1 Å². The van der Waals surface area contributed by atoms with Crippen molar-refractivity contribution in [3.63, 3.8) is 0 Å². The topological polar surface area (TPSA) is 40.6 Å². The molecule has 2 aromatic rings. The molecule has 0 saturated carbocycles. The van der Waals surface area contributed by atoms with Gasteiger partial charge in [-0.1, -0.05) is 40.2 Å². The Hall–Kier alpha value is -1.98. The average Bonchev–Trinajstić information content (AvgIpc) is 2.79. The SMILES string of the molecule is O=C1C(=O)N(CN2CCc3ccccc3C2)c2cc(Br)ccc21. The molecule has 2 heterocycles. The lowest BCUT2D eigenvalue weighted by molar-refractivity contribution is -0.114. The van der Waals surface area contributed by atoms with Gasteiger partial charge in [-0.25, -0.2) is 0 Å². The van der Waals surface area contributed by atoms with E-state index >= 15 is 0 Å². The maximum atomic E-state index is 12.3. The summed E-state index contributed by atoms with van der Waals surface area (Å²) in [5.74, 6) is -0.845. The predicted octanol–water partition coefficient (Wildman–Crippen LogP) is 2.99. The number of nitrogens with zero attached hydrogens (tertiary/aromatic N) is 2. The van der Waals surface area contributed by atoms with Crippen molar-refractivity contribution in [2.24, 2.45) is 0 Å². The zero-order valence-corrected chi connectivity index (χ0v) is 14.0. The summed E-state index contributed by atoms with van der Waals surface area (Å²) in [6.07, 6.45) is 0.970. The number of hydrogen-bond donors (Lipinski definition) is 0.